The fourth-order valence-electron chi connectivity index (χ4n) is 3.32. The molecule has 11 heteroatoms. The molecule has 1 saturated heterocycles. The van der Waals surface area contributed by atoms with Gasteiger partial charge in [0.25, 0.3) is 0 Å². The summed E-state index contributed by atoms with van der Waals surface area (Å²) < 4.78 is 16.1. The number of halogens is 1. The summed E-state index contributed by atoms with van der Waals surface area (Å²) in [6.45, 7) is 15.5. The average Bonchev–Trinajstić information content (AvgIpc) is 3.29. The van der Waals surface area contributed by atoms with Crippen molar-refractivity contribution in [2.75, 3.05) is 20.7 Å². The average molecular weight is 601 g/mol. The highest BCUT2D eigenvalue weighted by Crippen LogP contribution is 2.40. The fourth-order valence-corrected chi connectivity index (χ4v) is 5.12. The van der Waals surface area contributed by atoms with Crippen molar-refractivity contribution in [2.45, 2.75) is 77.6 Å². The molecule has 1 fully saturated rings. The van der Waals surface area contributed by atoms with Crippen molar-refractivity contribution in [3.63, 3.8) is 0 Å². The summed E-state index contributed by atoms with van der Waals surface area (Å²) in [6.07, 6.45) is 5.27. The van der Waals surface area contributed by atoms with Crippen LogP contribution < -0.4 is 0 Å². The van der Waals surface area contributed by atoms with E-state index in [0.29, 0.717) is 18.8 Å². The molecule has 1 aliphatic rings. The van der Waals surface area contributed by atoms with E-state index in [0.717, 1.165) is 20.3 Å². The SMILES string of the molecule is CC(C)=NO[C@@H]1C[C@H](n2cc(I)c3c(/N=C/N(C)C)ncnc32)O[C@@H]1CO[Si](C)(C)C(C)(C)C. The lowest BCUT2D eigenvalue weighted by Gasteiger charge is -2.37. The second kappa shape index (κ2) is 10.6. The maximum Gasteiger partial charge on any atom is 0.192 e. The van der Waals surface area contributed by atoms with Crippen molar-refractivity contribution in [2.24, 2.45) is 10.1 Å². The summed E-state index contributed by atoms with van der Waals surface area (Å²) >= 11 is 2.30. The molecule has 1 aliphatic heterocycles. The number of rotatable bonds is 8. The Balaban J connectivity index is 1.90. The number of oxime groups is 1. The first kappa shape index (κ1) is 27.0. The van der Waals surface area contributed by atoms with Crippen LogP contribution in [0.2, 0.25) is 18.1 Å². The van der Waals surface area contributed by atoms with Gasteiger partial charge in [-0.25, -0.2) is 15.0 Å². The Morgan fingerprint density at radius 2 is 2.03 bits per heavy atom. The van der Waals surface area contributed by atoms with Crippen LogP contribution in [0.5, 0.6) is 0 Å². The number of aliphatic imine (C=N–C) groups is 1. The van der Waals surface area contributed by atoms with E-state index in [9.17, 15) is 0 Å². The van der Waals surface area contributed by atoms with Crippen LogP contribution in [-0.4, -0.2) is 72.7 Å². The van der Waals surface area contributed by atoms with Crippen molar-refractivity contribution in [1.82, 2.24) is 19.4 Å². The first-order valence-electron chi connectivity index (χ1n) is 11.5. The molecule has 0 spiro atoms. The lowest BCUT2D eigenvalue weighted by molar-refractivity contribution is -0.0571. The number of fused-ring (bicyclic) bond motifs is 1. The molecule has 0 N–H and O–H groups in total. The molecule has 188 valence electrons. The van der Waals surface area contributed by atoms with Crippen LogP contribution in [0.4, 0.5) is 5.82 Å². The number of hydrogen-bond acceptors (Lipinski definition) is 7. The Labute approximate surface area is 217 Å². The summed E-state index contributed by atoms with van der Waals surface area (Å²) in [6, 6.07) is 0. The standard InChI is InChI=1S/C23H37IN6O3Si/c1-15(2)28-33-17-10-19(32-18(17)12-31-34(8,9)23(3,4)5)30-11-16(24)20-21(27-14-29(6)7)25-13-26-22(20)30/h11,13-14,17-19H,10,12H2,1-9H3/b27-14+/t17-,18-,19-/m1/s1. The summed E-state index contributed by atoms with van der Waals surface area (Å²) in [7, 11) is 1.92. The van der Waals surface area contributed by atoms with E-state index >= 15 is 0 Å². The molecule has 0 bridgehead atoms. The van der Waals surface area contributed by atoms with Crippen LogP contribution >= 0.6 is 22.6 Å². The summed E-state index contributed by atoms with van der Waals surface area (Å²) in [4.78, 5) is 21.3. The van der Waals surface area contributed by atoms with Gasteiger partial charge in [0.15, 0.2) is 20.2 Å². The molecule has 2 aromatic rings. The first-order chi connectivity index (χ1) is 15.8. The zero-order valence-corrected chi connectivity index (χ0v) is 24.8. The number of ether oxygens (including phenoxy) is 1. The molecule has 3 heterocycles. The van der Waals surface area contributed by atoms with E-state index in [1.807, 2.05) is 39.0 Å². The lowest BCUT2D eigenvalue weighted by atomic mass is 10.2. The Kier molecular flexibility index (Phi) is 8.41. The molecule has 0 radical (unpaired) electrons. The zero-order chi connectivity index (χ0) is 25.3. The maximum atomic E-state index is 6.52. The molecule has 0 amide bonds. The minimum atomic E-state index is -1.93. The van der Waals surface area contributed by atoms with Crippen molar-refractivity contribution in [3.05, 3.63) is 16.1 Å². The van der Waals surface area contributed by atoms with Gasteiger partial charge < -0.3 is 23.5 Å². The summed E-state index contributed by atoms with van der Waals surface area (Å²) in [5.41, 5.74) is 1.65. The quantitative estimate of drug-likeness (QED) is 0.134. The van der Waals surface area contributed by atoms with Crippen molar-refractivity contribution >= 4 is 59.8 Å². The van der Waals surface area contributed by atoms with Gasteiger partial charge >= 0.3 is 0 Å². The number of nitrogens with zero attached hydrogens (tertiary/aromatic N) is 6. The van der Waals surface area contributed by atoms with Crippen molar-refractivity contribution in [3.8, 4) is 0 Å². The largest absolute Gasteiger partial charge is 0.414 e. The van der Waals surface area contributed by atoms with E-state index < -0.39 is 8.32 Å². The molecule has 9 nitrogen and oxygen atoms in total. The lowest BCUT2D eigenvalue weighted by Crippen LogP contribution is -2.44. The van der Waals surface area contributed by atoms with E-state index in [1.54, 1.807) is 12.7 Å². The predicted octanol–water partition coefficient (Wildman–Crippen LogP) is 5.35. The van der Waals surface area contributed by atoms with E-state index in [1.165, 1.54) is 0 Å². The van der Waals surface area contributed by atoms with Crippen molar-refractivity contribution in [1.29, 1.82) is 0 Å². The monoisotopic (exact) mass is 600 g/mol. The third-order valence-electron chi connectivity index (χ3n) is 6.23. The van der Waals surface area contributed by atoms with E-state index in [4.69, 9.17) is 14.0 Å². The highest BCUT2D eigenvalue weighted by Gasteiger charge is 2.43. The topological polar surface area (TPSA) is 86.4 Å². The molecular formula is C23H37IN6O3Si. The molecule has 0 saturated carbocycles. The fraction of sp³-hybridized carbons (Fsp3) is 0.652. The van der Waals surface area contributed by atoms with Crippen LogP contribution in [0.15, 0.2) is 22.7 Å². The summed E-state index contributed by atoms with van der Waals surface area (Å²) in [5.74, 6) is 0.636. The Bertz CT molecular complexity index is 1060. The van der Waals surface area contributed by atoms with Gasteiger partial charge in [-0.05, 0) is 54.6 Å². The molecule has 2 aromatic heterocycles. The molecule has 0 aromatic carbocycles. The van der Waals surface area contributed by atoms with Crippen LogP contribution in [0.1, 0.15) is 47.3 Å². The van der Waals surface area contributed by atoms with Gasteiger partial charge in [0.1, 0.15) is 24.3 Å². The van der Waals surface area contributed by atoms with Gasteiger partial charge in [-0.15, -0.1) is 0 Å². The van der Waals surface area contributed by atoms with Crippen LogP contribution in [-0.2, 0) is 14.0 Å². The van der Waals surface area contributed by atoms with Crippen LogP contribution in [0, 0.1) is 3.57 Å². The molecule has 0 aliphatic carbocycles. The van der Waals surface area contributed by atoms with Crippen molar-refractivity contribution < 1.29 is 14.0 Å². The smallest absolute Gasteiger partial charge is 0.192 e. The molecule has 3 atom stereocenters. The Hall–Kier alpha value is -1.57. The third-order valence-corrected chi connectivity index (χ3v) is 11.5. The Morgan fingerprint density at radius 1 is 1.32 bits per heavy atom. The Morgan fingerprint density at radius 3 is 2.65 bits per heavy atom. The zero-order valence-electron chi connectivity index (χ0n) is 21.7. The van der Waals surface area contributed by atoms with E-state index in [-0.39, 0.29) is 23.5 Å². The minimum Gasteiger partial charge on any atom is -0.414 e. The highest BCUT2D eigenvalue weighted by molar-refractivity contribution is 14.1. The minimum absolute atomic E-state index is 0.118. The normalized spacial score (nSPS) is 21.4. The van der Waals surface area contributed by atoms with Gasteiger partial charge in [0.2, 0.25) is 0 Å². The molecule has 0 unspecified atom stereocenters. The second-order valence-corrected chi connectivity index (χ2v) is 16.6. The second-order valence-electron chi connectivity index (χ2n) is 10.6. The molecule has 34 heavy (non-hydrogen) atoms. The predicted molar refractivity (Wildman–Crippen MR) is 147 cm³/mol. The van der Waals surface area contributed by atoms with Crippen LogP contribution in [0.25, 0.3) is 11.0 Å². The summed E-state index contributed by atoms with van der Waals surface area (Å²) in [5, 5.41) is 5.26. The number of hydrogen-bond donors (Lipinski definition) is 0. The third kappa shape index (κ3) is 6.16. The number of aromatic nitrogens is 3. The van der Waals surface area contributed by atoms with Gasteiger partial charge in [-0.2, -0.15) is 0 Å². The van der Waals surface area contributed by atoms with Gasteiger partial charge in [-0.3, -0.25) is 0 Å². The maximum absolute atomic E-state index is 6.52. The van der Waals surface area contributed by atoms with Crippen LogP contribution in [0.3, 0.4) is 0 Å². The van der Waals surface area contributed by atoms with Gasteiger partial charge in [-0.1, -0.05) is 25.9 Å². The first-order valence-corrected chi connectivity index (χ1v) is 15.5. The van der Waals surface area contributed by atoms with E-state index in [2.05, 4.69) is 81.1 Å². The van der Waals surface area contributed by atoms with Gasteiger partial charge in [0, 0.05) is 30.3 Å². The highest BCUT2D eigenvalue weighted by atomic mass is 127. The molecular weight excluding hydrogens is 563 g/mol. The molecule has 3 rings (SSSR count). The van der Waals surface area contributed by atoms with Gasteiger partial charge in [0.05, 0.1) is 24.0 Å².